The first kappa shape index (κ1) is 17.9. The smallest absolute Gasteiger partial charge is 0.309 e. The van der Waals surface area contributed by atoms with Gasteiger partial charge in [0, 0.05) is 24.4 Å². The van der Waals surface area contributed by atoms with E-state index in [9.17, 15) is 9.59 Å². The van der Waals surface area contributed by atoms with Gasteiger partial charge in [0.1, 0.15) is 0 Å². The number of imidazole rings is 1. The molecule has 126 valence electrons. The Balaban J connectivity index is 2.55. The summed E-state index contributed by atoms with van der Waals surface area (Å²) >= 11 is 7.51. The van der Waals surface area contributed by atoms with Crippen molar-refractivity contribution in [3.8, 4) is 0 Å². The van der Waals surface area contributed by atoms with Crippen molar-refractivity contribution in [1.82, 2.24) is 19.1 Å². The van der Waals surface area contributed by atoms with E-state index in [1.807, 2.05) is 10.6 Å². The van der Waals surface area contributed by atoms with Gasteiger partial charge in [0.15, 0.2) is 16.3 Å². The number of thioether (sulfide) groups is 1. The van der Waals surface area contributed by atoms with Gasteiger partial charge >= 0.3 is 5.69 Å². The van der Waals surface area contributed by atoms with Crippen LogP contribution in [-0.2, 0) is 13.6 Å². The maximum absolute atomic E-state index is 12.2. The van der Waals surface area contributed by atoms with E-state index in [-0.39, 0.29) is 0 Å². The number of aromatic nitrogens is 4. The number of nitrogens with zero attached hydrogens (tertiary/aromatic N) is 3. The first-order valence-corrected chi connectivity index (χ1v) is 8.82. The van der Waals surface area contributed by atoms with Crippen LogP contribution in [0.4, 0.5) is 0 Å². The van der Waals surface area contributed by atoms with Crippen molar-refractivity contribution in [1.29, 1.82) is 0 Å². The Kier molecular flexibility index (Phi) is 5.75. The second-order valence-electron chi connectivity index (χ2n) is 5.82. The van der Waals surface area contributed by atoms with Gasteiger partial charge in [-0.25, -0.2) is 9.78 Å². The minimum atomic E-state index is -0.463. The van der Waals surface area contributed by atoms with Crippen molar-refractivity contribution in [2.24, 2.45) is 13.0 Å². The number of aromatic amines is 1. The first-order valence-electron chi connectivity index (χ1n) is 7.45. The number of rotatable bonds is 6. The summed E-state index contributed by atoms with van der Waals surface area (Å²) in [6.45, 7) is 6.55. The third-order valence-electron chi connectivity index (χ3n) is 3.45. The molecule has 0 bridgehead atoms. The van der Waals surface area contributed by atoms with E-state index < -0.39 is 11.2 Å². The summed E-state index contributed by atoms with van der Waals surface area (Å²) in [7, 11) is 1.60. The molecule has 0 fully saturated rings. The van der Waals surface area contributed by atoms with Crippen LogP contribution in [-0.4, -0.2) is 24.9 Å². The quantitative estimate of drug-likeness (QED) is 0.808. The highest BCUT2D eigenvalue weighted by Gasteiger charge is 2.17. The molecule has 8 heteroatoms. The van der Waals surface area contributed by atoms with Gasteiger partial charge in [-0.05, 0) is 19.3 Å². The number of H-pyrrole nitrogens is 1. The Labute approximate surface area is 143 Å². The fourth-order valence-corrected chi connectivity index (χ4v) is 3.41. The van der Waals surface area contributed by atoms with Gasteiger partial charge in [-0.1, -0.05) is 43.3 Å². The van der Waals surface area contributed by atoms with Crippen LogP contribution < -0.4 is 11.2 Å². The summed E-state index contributed by atoms with van der Waals surface area (Å²) < 4.78 is 3.17. The number of hydrogen-bond donors (Lipinski definition) is 1. The molecule has 2 aromatic heterocycles. The molecule has 0 aliphatic rings. The summed E-state index contributed by atoms with van der Waals surface area (Å²) in [5.74, 6) is 1.49. The van der Waals surface area contributed by atoms with Gasteiger partial charge in [-0.2, -0.15) is 0 Å². The molecule has 0 aliphatic heterocycles. The van der Waals surface area contributed by atoms with Gasteiger partial charge in [0.05, 0.1) is 0 Å². The van der Waals surface area contributed by atoms with Crippen molar-refractivity contribution >= 4 is 34.5 Å². The normalized spacial score (nSPS) is 12.5. The third kappa shape index (κ3) is 4.09. The largest absolute Gasteiger partial charge is 0.329 e. The van der Waals surface area contributed by atoms with E-state index in [0.29, 0.717) is 28.7 Å². The minimum absolute atomic E-state index is 0.395. The molecule has 2 aromatic rings. The second kappa shape index (κ2) is 7.40. The van der Waals surface area contributed by atoms with E-state index >= 15 is 0 Å². The average molecular weight is 357 g/mol. The Morgan fingerprint density at radius 2 is 2.13 bits per heavy atom. The molecule has 0 amide bonds. The Morgan fingerprint density at radius 3 is 2.74 bits per heavy atom. The molecule has 2 rings (SSSR count). The molecule has 0 spiro atoms. The lowest BCUT2D eigenvalue weighted by atomic mass is 10.2. The first-order chi connectivity index (χ1) is 10.8. The van der Waals surface area contributed by atoms with E-state index in [4.69, 9.17) is 11.6 Å². The number of halogens is 1. The molecule has 1 N–H and O–H groups in total. The van der Waals surface area contributed by atoms with Crippen LogP contribution >= 0.6 is 23.4 Å². The summed E-state index contributed by atoms with van der Waals surface area (Å²) in [5.41, 5.74) is -0.0957. The predicted octanol–water partition coefficient (Wildman–Crippen LogP) is 2.70. The van der Waals surface area contributed by atoms with Gasteiger partial charge < -0.3 is 4.57 Å². The number of aryl methyl sites for hydroxylation is 1. The summed E-state index contributed by atoms with van der Waals surface area (Å²) in [4.78, 5) is 30.8. The van der Waals surface area contributed by atoms with Crippen LogP contribution in [0.3, 0.4) is 0 Å². The lowest BCUT2D eigenvalue weighted by Gasteiger charge is -2.07. The molecular weight excluding hydrogens is 336 g/mol. The van der Waals surface area contributed by atoms with E-state index in [1.54, 1.807) is 25.7 Å². The molecule has 6 nitrogen and oxygen atoms in total. The monoisotopic (exact) mass is 356 g/mol. The molecule has 0 saturated carbocycles. The van der Waals surface area contributed by atoms with Crippen molar-refractivity contribution in [3.63, 3.8) is 0 Å². The molecule has 23 heavy (non-hydrogen) atoms. The lowest BCUT2D eigenvalue weighted by Crippen LogP contribution is -2.29. The molecule has 0 aliphatic carbocycles. The molecular formula is C15H21ClN4O2S. The summed E-state index contributed by atoms with van der Waals surface area (Å²) in [5, 5.41) is 1.37. The van der Waals surface area contributed by atoms with Crippen LogP contribution in [0.5, 0.6) is 0 Å². The molecule has 0 aromatic carbocycles. The maximum atomic E-state index is 12.2. The van der Waals surface area contributed by atoms with Crippen LogP contribution in [0.15, 0.2) is 25.9 Å². The van der Waals surface area contributed by atoms with E-state index in [0.717, 1.165) is 17.3 Å². The lowest BCUT2D eigenvalue weighted by molar-refractivity contribution is 0.630. The predicted molar refractivity (Wildman–Crippen MR) is 95.4 cm³/mol. The fraction of sp³-hybridized carbons (Fsp3) is 0.533. The SMILES string of the molecule is CC(Cl)=CCn1c(SCCC(C)C)nc2c1c(=O)[nH]c(=O)n2C. The van der Waals surface area contributed by atoms with Crippen molar-refractivity contribution in [3.05, 3.63) is 31.9 Å². The molecule has 2 heterocycles. The zero-order valence-electron chi connectivity index (χ0n) is 13.7. The van der Waals surface area contributed by atoms with Crippen molar-refractivity contribution in [2.45, 2.75) is 38.9 Å². The van der Waals surface area contributed by atoms with Crippen molar-refractivity contribution < 1.29 is 0 Å². The maximum Gasteiger partial charge on any atom is 0.329 e. The van der Waals surface area contributed by atoms with Crippen LogP contribution in [0.2, 0.25) is 0 Å². The standard InChI is InChI=1S/C15H21ClN4O2S/c1-9(2)6-8-23-15-17-12-11(20(15)7-5-10(3)16)13(21)18-14(22)19(12)4/h5,9H,6-8H2,1-4H3,(H,18,21,22). The van der Waals surface area contributed by atoms with E-state index in [2.05, 4.69) is 23.8 Å². The molecule has 0 radical (unpaired) electrons. The number of allylic oxidation sites excluding steroid dienone is 2. The highest BCUT2D eigenvalue weighted by Crippen LogP contribution is 2.23. The highest BCUT2D eigenvalue weighted by molar-refractivity contribution is 7.99. The molecule has 0 saturated heterocycles. The summed E-state index contributed by atoms with van der Waals surface area (Å²) in [6, 6.07) is 0. The minimum Gasteiger partial charge on any atom is -0.309 e. The van der Waals surface area contributed by atoms with E-state index in [1.165, 1.54) is 4.57 Å². The fourth-order valence-electron chi connectivity index (χ4n) is 2.10. The number of fused-ring (bicyclic) bond motifs is 1. The topological polar surface area (TPSA) is 72.7 Å². The molecule has 0 atom stereocenters. The highest BCUT2D eigenvalue weighted by atomic mass is 35.5. The number of nitrogens with one attached hydrogen (secondary N) is 1. The Morgan fingerprint density at radius 1 is 1.43 bits per heavy atom. The van der Waals surface area contributed by atoms with Gasteiger partial charge in [0.2, 0.25) is 0 Å². The Hall–Kier alpha value is -1.47. The van der Waals surface area contributed by atoms with Gasteiger partial charge in [-0.15, -0.1) is 0 Å². The zero-order valence-corrected chi connectivity index (χ0v) is 15.3. The zero-order chi connectivity index (χ0) is 17.1. The Bertz CT molecular complexity index is 844. The number of hydrogen-bond acceptors (Lipinski definition) is 4. The average Bonchev–Trinajstić information content (AvgIpc) is 2.81. The third-order valence-corrected chi connectivity index (χ3v) is 4.62. The van der Waals surface area contributed by atoms with Crippen LogP contribution in [0.1, 0.15) is 27.2 Å². The second-order valence-corrected chi connectivity index (χ2v) is 7.48. The molecule has 0 unspecified atom stereocenters. The van der Waals surface area contributed by atoms with Gasteiger partial charge in [0.25, 0.3) is 5.56 Å². The summed E-state index contributed by atoms with van der Waals surface area (Å²) in [6.07, 6.45) is 2.87. The van der Waals surface area contributed by atoms with Gasteiger partial charge in [-0.3, -0.25) is 14.3 Å². The van der Waals surface area contributed by atoms with Crippen molar-refractivity contribution in [2.75, 3.05) is 5.75 Å². The van der Waals surface area contributed by atoms with Crippen LogP contribution in [0, 0.1) is 5.92 Å². The van der Waals surface area contributed by atoms with Crippen LogP contribution in [0.25, 0.3) is 11.2 Å².